The standard InChI is InChI=1S/C18H23O2Si3/c1-16(2)15-22(23(21,19-3)20-4,17-11-7-5-8-12-17)18-13-9-6-10-14-18/h5-15H,1-4H3. The van der Waals surface area contributed by atoms with Crippen LogP contribution in [0.4, 0.5) is 0 Å². The van der Waals surface area contributed by atoms with Crippen molar-refractivity contribution in [2.45, 2.75) is 13.8 Å². The first-order chi connectivity index (χ1) is 11.0. The average Bonchev–Trinajstić information content (AvgIpc) is 2.60. The monoisotopic (exact) mass is 355 g/mol. The quantitative estimate of drug-likeness (QED) is 0.740. The molecule has 119 valence electrons. The van der Waals surface area contributed by atoms with Crippen LogP contribution in [0.1, 0.15) is 13.8 Å². The molecule has 0 amide bonds. The molecular weight excluding hydrogens is 332 g/mol. The Morgan fingerprint density at radius 2 is 1.22 bits per heavy atom. The minimum absolute atomic E-state index is 1.27. The first kappa shape index (κ1) is 18.1. The van der Waals surface area contributed by atoms with Gasteiger partial charge in [0.25, 0.3) is 0 Å². The van der Waals surface area contributed by atoms with Crippen LogP contribution in [0.2, 0.25) is 0 Å². The molecule has 0 aromatic heterocycles. The van der Waals surface area contributed by atoms with Gasteiger partial charge in [-0.05, 0) is 24.2 Å². The third-order valence-corrected chi connectivity index (χ3v) is 21.0. The molecule has 5 heteroatoms. The molecule has 2 aromatic rings. The van der Waals surface area contributed by atoms with Gasteiger partial charge < -0.3 is 8.85 Å². The molecule has 0 heterocycles. The zero-order valence-corrected chi connectivity index (χ0v) is 17.2. The van der Waals surface area contributed by atoms with Gasteiger partial charge in [0.1, 0.15) is 0 Å². The van der Waals surface area contributed by atoms with E-state index < -0.39 is 15.2 Å². The summed E-state index contributed by atoms with van der Waals surface area (Å²) in [5, 5.41) is 2.58. The van der Waals surface area contributed by atoms with Crippen LogP contribution >= 0.6 is 0 Å². The lowest BCUT2D eigenvalue weighted by Crippen LogP contribution is -2.78. The van der Waals surface area contributed by atoms with Gasteiger partial charge in [0, 0.05) is 14.2 Å². The largest absolute Gasteiger partial charge is 0.402 e. The second-order valence-electron chi connectivity index (χ2n) is 5.79. The number of rotatable bonds is 6. The van der Waals surface area contributed by atoms with Crippen molar-refractivity contribution in [3.63, 3.8) is 0 Å². The Balaban J connectivity index is 2.88. The molecule has 0 saturated heterocycles. The summed E-state index contributed by atoms with van der Waals surface area (Å²) in [6, 6.07) is 21.2. The summed E-state index contributed by atoms with van der Waals surface area (Å²) in [5.41, 5.74) is 3.66. The van der Waals surface area contributed by atoms with Crippen LogP contribution in [-0.4, -0.2) is 39.2 Å². The van der Waals surface area contributed by atoms with E-state index in [1.54, 1.807) is 14.2 Å². The summed E-state index contributed by atoms with van der Waals surface area (Å²) >= 11 is 0. The molecule has 0 saturated carbocycles. The first-order valence-corrected chi connectivity index (χ1v) is 14.0. The molecule has 2 rings (SSSR count). The lowest BCUT2D eigenvalue weighted by Gasteiger charge is -2.42. The van der Waals surface area contributed by atoms with Crippen molar-refractivity contribution >= 4 is 35.3 Å². The minimum atomic E-state index is -2.65. The number of hydrogen-bond acceptors (Lipinski definition) is 2. The van der Waals surface area contributed by atoms with E-state index in [-0.39, 0.29) is 0 Å². The predicted molar refractivity (Wildman–Crippen MR) is 103 cm³/mol. The maximum absolute atomic E-state index is 6.01. The van der Waals surface area contributed by atoms with E-state index in [1.807, 2.05) is 12.1 Å². The van der Waals surface area contributed by atoms with Gasteiger partial charge in [0.05, 0.1) is 9.76 Å². The van der Waals surface area contributed by atoms with E-state index in [0.717, 1.165) is 0 Å². The van der Waals surface area contributed by atoms with Gasteiger partial charge in [-0.1, -0.05) is 71.9 Å². The van der Waals surface area contributed by atoms with Gasteiger partial charge in [-0.15, -0.1) is 0 Å². The van der Waals surface area contributed by atoms with Gasteiger partial charge in [0.2, 0.25) is 0 Å². The Morgan fingerprint density at radius 3 is 1.52 bits per heavy atom. The van der Waals surface area contributed by atoms with Gasteiger partial charge in [-0.3, -0.25) is 0 Å². The summed E-state index contributed by atoms with van der Waals surface area (Å²) in [4.78, 5) is 0. The molecule has 0 aliphatic carbocycles. The zero-order valence-electron chi connectivity index (χ0n) is 14.2. The molecule has 2 nitrogen and oxygen atoms in total. The molecular formula is C18H23O2Si3. The van der Waals surface area contributed by atoms with Crippen LogP contribution in [0.5, 0.6) is 0 Å². The summed E-state index contributed by atoms with van der Waals surface area (Å²) in [6.07, 6.45) is 0. The van der Waals surface area contributed by atoms with Crippen molar-refractivity contribution in [1.82, 2.24) is 0 Å². The van der Waals surface area contributed by atoms with Crippen LogP contribution in [0, 0.1) is 0 Å². The first-order valence-electron chi connectivity index (χ1n) is 7.62. The SMILES string of the molecule is CO[Si]([Si])(OC)[Si](C=C(C)C)(c1ccccc1)c1ccccc1. The van der Waals surface area contributed by atoms with Crippen molar-refractivity contribution in [2.24, 2.45) is 0 Å². The van der Waals surface area contributed by atoms with Crippen LogP contribution in [0.15, 0.2) is 71.9 Å². The molecule has 2 aromatic carbocycles. The molecule has 3 radical (unpaired) electrons. The summed E-state index contributed by atoms with van der Waals surface area (Å²) in [7, 11) is 2.40. The van der Waals surface area contributed by atoms with Gasteiger partial charge >= 0.3 is 7.60 Å². The molecule has 0 atom stereocenters. The minimum Gasteiger partial charge on any atom is -0.402 e. The molecule has 0 spiro atoms. The fourth-order valence-corrected chi connectivity index (χ4v) is 17.7. The Labute approximate surface area is 144 Å². The molecule has 0 unspecified atom stereocenters. The maximum atomic E-state index is 6.01. The molecule has 23 heavy (non-hydrogen) atoms. The van der Waals surface area contributed by atoms with Gasteiger partial charge in [0.15, 0.2) is 7.59 Å². The van der Waals surface area contributed by atoms with Crippen LogP contribution in [0.3, 0.4) is 0 Å². The topological polar surface area (TPSA) is 18.5 Å². The van der Waals surface area contributed by atoms with Crippen LogP contribution in [-0.2, 0) is 8.85 Å². The summed E-state index contributed by atoms with van der Waals surface area (Å²) < 4.78 is 12.0. The van der Waals surface area contributed by atoms with E-state index >= 15 is 0 Å². The van der Waals surface area contributed by atoms with Crippen molar-refractivity contribution in [3.8, 4) is 0 Å². The highest BCUT2D eigenvalue weighted by Gasteiger charge is 2.56. The third kappa shape index (κ3) is 3.34. The summed E-state index contributed by atoms with van der Waals surface area (Å²) in [5.74, 6) is 0. The van der Waals surface area contributed by atoms with E-state index in [0.29, 0.717) is 0 Å². The normalized spacial score (nSPS) is 12.0. The predicted octanol–water partition coefficient (Wildman–Crippen LogP) is 2.23. The lowest BCUT2D eigenvalue weighted by molar-refractivity contribution is 0.286. The van der Waals surface area contributed by atoms with E-state index in [9.17, 15) is 0 Å². The Bertz CT molecular complexity index is 609. The fourth-order valence-electron chi connectivity index (χ4n) is 3.05. The van der Waals surface area contributed by atoms with Gasteiger partial charge in [-0.25, -0.2) is 0 Å². The van der Waals surface area contributed by atoms with Crippen molar-refractivity contribution in [2.75, 3.05) is 14.2 Å². The Morgan fingerprint density at radius 1 is 0.826 bits per heavy atom. The highest BCUT2D eigenvalue weighted by molar-refractivity contribution is 7.62. The molecule has 0 aliphatic heterocycles. The Kier molecular flexibility index (Phi) is 5.94. The number of hydrogen-bond donors (Lipinski definition) is 0. The lowest BCUT2D eigenvalue weighted by atomic mass is 10.4. The van der Waals surface area contributed by atoms with E-state index in [2.05, 4.69) is 77.8 Å². The molecule has 0 fully saturated rings. The number of allylic oxidation sites excluding steroid dienone is 1. The van der Waals surface area contributed by atoms with E-state index in [1.165, 1.54) is 15.9 Å². The summed E-state index contributed by atoms with van der Waals surface area (Å²) in [6.45, 7) is 4.28. The zero-order chi connectivity index (χ0) is 16.9. The van der Waals surface area contributed by atoms with Crippen molar-refractivity contribution < 1.29 is 8.85 Å². The van der Waals surface area contributed by atoms with E-state index in [4.69, 9.17) is 8.85 Å². The smallest absolute Gasteiger partial charge is 0.302 e. The highest BCUT2D eigenvalue weighted by atomic mass is 29.6. The number of benzene rings is 2. The molecule has 0 bridgehead atoms. The maximum Gasteiger partial charge on any atom is 0.302 e. The fraction of sp³-hybridized carbons (Fsp3) is 0.222. The second-order valence-corrected chi connectivity index (χ2v) is 18.7. The van der Waals surface area contributed by atoms with Crippen molar-refractivity contribution in [3.05, 3.63) is 71.9 Å². The second kappa shape index (κ2) is 7.55. The van der Waals surface area contributed by atoms with Crippen LogP contribution in [0.25, 0.3) is 0 Å². The highest BCUT2D eigenvalue weighted by Crippen LogP contribution is 2.21. The van der Waals surface area contributed by atoms with Gasteiger partial charge in [-0.2, -0.15) is 0 Å². The van der Waals surface area contributed by atoms with Crippen molar-refractivity contribution in [1.29, 1.82) is 0 Å². The molecule has 0 aliphatic rings. The average molecular weight is 356 g/mol. The van der Waals surface area contributed by atoms with Crippen LogP contribution < -0.4 is 10.4 Å². The third-order valence-electron chi connectivity index (χ3n) is 4.06. The molecule has 0 N–H and O–H groups in total. The Hall–Kier alpha value is -1.25.